The molecule has 1 aliphatic carbocycles. The van der Waals surface area contributed by atoms with Crippen molar-refractivity contribution in [2.24, 2.45) is 0 Å². The van der Waals surface area contributed by atoms with Gasteiger partial charge in [0.1, 0.15) is 24.3 Å². The number of oxazole rings is 1. The number of nitrogens with one attached hydrogen (secondary N) is 2. The number of hydrogen-bond donors (Lipinski definition) is 3. The molecule has 9 nitrogen and oxygen atoms in total. The third kappa shape index (κ3) is 7.26. The molecule has 0 spiro atoms. The van der Waals surface area contributed by atoms with E-state index in [1.165, 1.54) is 6.39 Å². The summed E-state index contributed by atoms with van der Waals surface area (Å²) in [6, 6.07) is 7.34. The molecule has 208 valence electrons. The van der Waals surface area contributed by atoms with Crippen LogP contribution in [-0.4, -0.2) is 63.8 Å². The number of anilines is 1. The maximum absolute atomic E-state index is 13.4. The number of hydrogen-bond acceptors (Lipinski definition) is 8. The van der Waals surface area contributed by atoms with E-state index in [0.29, 0.717) is 53.8 Å². The van der Waals surface area contributed by atoms with Gasteiger partial charge in [0.2, 0.25) is 0 Å². The second-order valence-electron chi connectivity index (χ2n) is 10.1. The van der Waals surface area contributed by atoms with E-state index in [0.717, 1.165) is 36.9 Å². The number of ether oxygens (including phenoxy) is 1. The Hall–Kier alpha value is -3.21. The van der Waals surface area contributed by atoms with E-state index in [1.807, 2.05) is 12.1 Å². The topological polar surface area (TPSA) is 113 Å². The zero-order valence-corrected chi connectivity index (χ0v) is 22.4. The molecule has 39 heavy (non-hydrogen) atoms. The van der Waals surface area contributed by atoms with Gasteiger partial charge in [-0.2, -0.15) is 0 Å². The maximum Gasteiger partial charge on any atom is 0.251 e. The van der Waals surface area contributed by atoms with Crippen molar-refractivity contribution < 1.29 is 23.4 Å². The van der Waals surface area contributed by atoms with E-state index in [4.69, 9.17) is 20.8 Å². The number of aliphatic hydroxyl groups is 1. The zero-order valence-electron chi connectivity index (χ0n) is 21.6. The van der Waals surface area contributed by atoms with Crippen LogP contribution < -0.4 is 15.4 Å². The van der Waals surface area contributed by atoms with Gasteiger partial charge in [-0.1, -0.05) is 17.7 Å². The molecule has 2 aliphatic rings. The second-order valence-corrected chi connectivity index (χ2v) is 10.5. The molecular formula is C28H33ClFN5O4. The Kier molecular flexibility index (Phi) is 8.95. The number of rotatable bonds is 10. The zero-order chi connectivity index (χ0) is 27.2. The quantitative estimate of drug-likeness (QED) is 0.341. The number of fused-ring (bicyclic) bond motifs is 1. The highest BCUT2D eigenvalue weighted by molar-refractivity contribution is 6.33. The summed E-state index contributed by atoms with van der Waals surface area (Å²) in [4.78, 5) is 23.0. The third-order valence-electron chi connectivity index (χ3n) is 7.23. The number of aliphatic hydroxyl groups excluding tert-OH is 1. The van der Waals surface area contributed by atoms with Crippen molar-refractivity contribution in [3.63, 3.8) is 0 Å². The van der Waals surface area contributed by atoms with Crippen LogP contribution >= 0.6 is 11.6 Å². The first kappa shape index (κ1) is 27.4. The van der Waals surface area contributed by atoms with Crippen LogP contribution in [0.25, 0.3) is 0 Å². The van der Waals surface area contributed by atoms with Crippen LogP contribution in [0.2, 0.25) is 5.02 Å². The number of amides is 1. The van der Waals surface area contributed by atoms with Gasteiger partial charge in [-0.05, 0) is 61.4 Å². The molecule has 0 saturated heterocycles. The standard InChI is InChI=1S/C28H33ClFN5O4/c29-27-24-8-10-35(14-19(24)1-6-25(27)38-16-23-13-31-17-39-23)15-22(36)12-33-28(37)18-7-9-32-26(11-18)34-21-4-2-20(30)3-5-21/h1,6-7,9,11,13,17,20-22,36H,2-5,8,10,12,14-16H2,(H,32,34)(H,33,37)/t20?,21?,22-/m0/s1. The highest BCUT2D eigenvalue weighted by Crippen LogP contribution is 2.34. The van der Waals surface area contributed by atoms with Gasteiger partial charge in [-0.3, -0.25) is 9.69 Å². The Balaban J connectivity index is 1.08. The first-order chi connectivity index (χ1) is 18.9. The monoisotopic (exact) mass is 557 g/mol. The fourth-order valence-corrected chi connectivity index (χ4v) is 5.44. The van der Waals surface area contributed by atoms with Gasteiger partial charge in [-0.15, -0.1) is 0 Å². The van der Waals surface area contributed by atoms with Gasteiger partial charge in [0.05, 0.1) is 17.3 Å². The van der Waals surface area contributed by atoms with Gasteiger partial charge in [0.25, 0.3) is 5.91 Å². The lowest BCUT2D eigenvalue weighted by Crippen LogP contribution is -2.42. The van der Waals surface area contributed by atoms with E-state index in [1.54, 1.807) is 24.5 Å². The summed E-state index contributed by atoms with van der Waals surface area (Å²) in [5, 5.41) is 17.3. The summed E-state index contributed by atoms with van der Waals surface area (Å²) in [6.07, 6.45) is 6.41. The first-order valence-corrected chi connectivity index (χ1v) is 13.7. The van der Waals surface area contributed by atoms with Crippen molar-refractivity contribution in [1.29, 1.82) is 0 Å². The Morgan fingerprint density at radius 1 is 1.28 bits per heavy atom. The fraction of sp³-hybridized carbons (Fsp3) is 0.464. The average Bonchev–Trinajstić information content (AvgIpc) is 3.47. The summed E-state index contributed by atoms with van der Waals surface area (Å²) in [5.41, 5.74) is 2.60. The third-order valence-corrected chi connectivity index (χ3v) is 7.64. The average molecular weight is 558 g/mol. The number of β-amino-alcohol motifs (C(OH)–C–C–N with tert-alkyl or cyclic N) is 1. The lowest BCUT2D eigenvalue weighted by molar-refractivity contribution is 0.0841. The molecule has 1 saturated carbocycles. The molecule has 1 atom stereocenters. The lowest BCUT2D eigenvalue weighted by atomic mass is 9.94. The minimum absolute atomic E-state index is 0.128. The molecule has 0 bridgehead atoms. The minimum Gasteiger partial charge on any atom is -0.484 e. The van der Waals surface area contributed by atoms with E-state index in [9.17, 15) is 14.3 Å². The highest BCUT2D eigenvalue weighted by Gasteiger charge is 2.24. The Labute approximate surface area is 231 Å². The van der Waals surface area contributed by atoms with Gasteiger partial charge in [0, 0.05) is 44.0 Å². The molecule has 3 heterocycles. The van der Waals surface area contributed by atoms with E-state index < -0.39 is 12.3 Å². The number of carbonyl (C=O) groups excluding carboxylic acids is 1. The van der Waals surface area contributed by atoms with Gasteiger partial charge < -0.3 is 24.9 Å². The molecule has 5 rings (SSSR count). The molecular weight excluding hydrogens is 525 g/mol. The number of benzene rings is 1. The first-order valence-electron chi connectivity index (χ1n) is 13.3. The number of alkyl halides is 1. The largest absolute Gasteiger partial charge is 0.484 e. The second kappa shape index (κ2) is 12.8. The van der Waals surface area contributed by atoms with Crippen LogP contribution in [0.3, 0.4) is 0 Å². The SMILES string of the molecule is O=C(NC[C@H](O)CN1CCc2c(ccc(OCc3cnco3)c2Cl)C1)c1ccnc(NC2CCC(F)CC2)c1. The highest BCUT2D eigenvalue weighted by atomic mass is 35.5. The summed E-state index contributed by atoms with van der Waals surface area (Å²) < 4.78 is 24.4. The predicted molar refractivity (Wildman–Crippen MR) is 145 cm³/mol. The van der Waals surface area contributed by atoms with Crippen molar-refractivity contribution in [2.45, 2.75) is 63.6 Å². The molecule has 2 aromatic heterocycles. The molecule has 1 aliphatic heterocycles. The predicted octanol–water partition coefficient (Wildman–Crippen LogP) is 4.14. The van der Waals surface area contributed by atoms with Gasteiger partial charge in [-0.25, -0.2) is 14.4 Å². The molecule has 1 fully saturated rings. The summed E-state index contributed by atoms with van der Waals surface area (Å²) in [7, 11) is 0. The lowest BCUT2D eigenvalue weighted by Gasteiger charge is -2.31. The van der Waals surface area contributed by atoms with E-state index >= 15 is 0 Å². The minimum atomic E-state index is -0.731. The van der Waals surface area contributed by atoms with Crippen LogP contribution in [0.4, 0.5) is 10.2 Å². The van der Waals surface area contributed by atoms with Crippen LogP contribution in [0.15, 0.2) is 47.5 Å². The molecule has 11 heteroatoms. The summed E-state index contributed by atoms with van der Waals surface area (Å²) >= 11 is 6.62. The number of pyridine rings is 1. The Morgan fingerprint density at radius 3 is 2.92 bits per heavy atom. The van der Waals surface area contributed by atoms with Crippen LogP contribution in [-0.2, 0) is 19.6 Å². The molecule has 1 amide bonds. The van der Waals surface area contributed by atoms with Crippen LogP contribution in [0.5, 0.6) is 5.75 Å². The summed E-state index contributed by atoms with van der Waals surface area (Å²) in [5.74, 6) is 1.54. The molecule has 3 N–H and O–H groups in total. The van der Waals surface area contributed by atoms with Gasteiger partial charge in [0.15, 0.2) is 12.2 Å². The van der Waals surface area contributed by atoms with E-state index in [2.05, 4.69) is 25.5 Å². The molecule has 3 aromatic rings. The number of aromatic nitrogens is 2. The summed E-state index contributed by atoms with van der Waals surface area (Å²) in [6.45, 7) is 2.17. The fourth-order valence-electron chi connectivity index (χ4n) is 5.11. The van der Waals surface area contributed by atoms with Gasteiger partial charge >= 0.3 is 0 Å². The normalized spacial score (nSPS) is 20.2. The van der Waals surface area contributed by atoms with Crippen LogP contribution in [0.1, 0.15) is 52.9 Å². The Bertz CT molecular complexity index is 1250. The Morgan fingerprint density at radius 2 is 2.13 bits per heavy atom. The van der Waals surface area contributed by atoms with Crippen molar-refractivity contribution >= 4 is 23.3 Å². The van der Waals surface area contributed by atoms with E-state index in [-0.39, 0.29) is 25.1 Å². The number of carbonyl (C=O) groups is 1. The van der Waals surface area contributed by atoms with Crippen molar-refractivity contribution in [3.05, 3.63) is 70.5 Å². The van der Waals surface area contributed by atoms with Crippen molar-refractivity contribution in [3.8, 4) is 5.75 Å². The van der Waals surface area contributed by atoms with Crippen LogP contribution in [0, 0.1) is 0 Å². The van der Waals surface area contributed by atoms with Crippen molar-refractivity contribution in [2.75, 3.05) is 25.0 Å². The molecule has 0 unspecified atom stereocenters. The van der Waals surface area contributed by atoms with Crippen molar-refractivity contribution in [1.82, 2.24) is 20.2 Å². The number of halogens is 2. The number of nitrogens with zero attached hydrogens (tertiary/aromatic N) is 3. The molecule has 1 aromatic carbocycles. The molecule has 0 radical (unpaired) electrons. The maximum atomic E-state index is 13.4. The smallest absolute Gasteiger partial charge is 0.251 e.